The zero-order valence-electron chi connectivity index (χ0n) is 8.36. The smallest absolute Gasteiger partial charge is 0.156 e. The van der Waals surface area contributed by atoms with Gasteiger partial charge in [-0.1, -0.05) is 0 Å². The Morgan fingerprint density at radius 3 is 3.14 bits per heavy atom. The van der Waals surface area contributed by atoms with E-state index in [1.165, 1.54) is 12.8 Å². The zero-order valence-corrected chi connectivity index (χ0v) is 8.36. The molecule has 2 rings (SSSR count). The van der Waals surface area contributed by atoms with Gasteiger partial charge >= 0.3 is 0 Å². The molecule has 1 saturated carbocycles. The van der Waals surface area contributed by atoms with Crippen LogP contribution in [0.3, 0.4) is 0 Å². The van der Waals surface area contributed by atoms with E-state index in [9.17, 15) is 0 Å². The third-order valence-corrected chi connectivity index (χ3v) is 2.24. The Balaban J connectivity index is 1.81. The first-order valence-electron chi connectivity index (χ1n) is 4.96. The van der Waals surface area contributed by atoms with Crippen LogP contribution in [0.15, 0.2) is 12.3 Å². The van der Waals surface area contributed by atoms with Gasteiger partial charge in [0.1, 0.15) is 12.4 Å². The van der Waals surface area contributed by atoms with E-state index < -0.39 is 0 Å². The molecule has 1 heterocycles. The van der Waals surface area contributed by atoms with Gasteiger partial charge in [0, 0.05) is 19.9 Å². The first-order chi connectivity index (χ1) is 6.88. The fraction of sp³-hybridized carbons (Fsp3) is 0.600. The molecule has 1 aromatic rings. The van der Waals surface area contributed by atoms with Gasteiger partial charge in [-0.15, -0.1) is 0 Å². The van der Waals surface area contributed by atoms with E-state index in [4.69, 9.17) is 4.74 Å². The summed E-state index contributed by atoms with van der Waals surface area (Å²) in [6.45, 7) is 1.37. The molecule has 0 atom stereocenters. The molecule has 0 unspecified atom stereocenters. The number of anilines is 1. The highest BCUT2D eigenvalue weighted by atomic mass is 16.5. The minimum absolute atomic E-state index is 0.520. The third-order valence-electron chi connectivity index (χ3n) is 2.24. The maximum atomic E-state index is 5.49. The average molecular weight is 193 g/mol. The molecule has 0 spiro atoms. The van der Waals surface area contributed by atoms with E-state index in [2.05, 4.69) is 15.3 Å². The van der Waals surface area contributed by atoms with Gasteiger partial charge in [0.15, 0.2) is 5.82 Å². The molecule has 14 heavy (non-hydrogen) atoms. The average Bonchev–Trinajstić information content (AvgIpc) is 3.02. The Kier molecular flexibility index (Phi) is 2.93. The van der Waals surface area contributed by atoms with Gasteiger partial charge in [-0.05, 0) is 24.8 Å². The maximum Gasteiger partial charge on any atom is 0.156 e. The van der Waals surface area contributed by atoms with Crippen LogP contribution < -0.4 is 5.32 Å². The van der Waals surface area contributed by atoms with E-state index in [1.807, 2.05) is 13.1 Å². The Morgan fingerprint density at radius 2 is 2.43 bits per heavy atom. The molecular weight excluding hydrogens is 178 g/mol. The molecule has 1 aromatic heterocycles. The molecule has 0 saturated heterocycles. The van der Waals surface area contributed by atoms with Crippen LogP contribution in [-0.4, -0.2) is 23.6 Å². The Bertz CT molecular complexity index is 299. The fourth-order valence-electron chi connectivity index (χ4n) is 1.21. The van der Waals surface area contributed by atoms with Crippen LogP contribution in [0.25, 0.3) is 0 Å². The van der Waals surface area contributed by atoms with E-state index >= 15 is 0 Å². The van der Waals surface area contributed by atoms with Crippen molar-refractivity contribution in [2.45, 2.75) is 19.4 Å². The third kappa shape index (κ3) is 2.67. The number of hydrogen-bond donors (Lipinski definition) is 1. The second kappa shape index (κ2) is 4.37. The quantitative estimate of drug-likeness (QED) is 0.768. The predicted molar refractivity (Wildman–Crippen MR) is 54.0 cm³/mol. The number of nitrogens with zero attached hydrogens (tertiary/aromatic N) is 2. The van der Waals surface area contributed by atoms with Gasteiger partial charge in [-0.2, -0.15) is 0 Å². The van der Waals surface area contributed by atoms with Crippen molar-refractivity contribution in [2.75, 3.05) is 19.0 Å². The number of hydrogen-bond acceptors (Lipinski definition) is 4. The van der Waals surface area contributed by atoms with Gasteiger partial charge < -0.3 is 10.1 Å². The summed E-state index contributed by atoms with van der Waals surface area (Å²) in [5, 5.41) is 2.97. The second-order valence-corrected chi connectivity index (χ2v) is 3.57. The highest BCUT2D eigenvalue weighted by molar-refractivity contribution is 5.31. The molecule has 1 aliphatic rings. The molecule has 1 aliphatic carbocycles. The summed E-state index contributed by atoms with van der Waals surface area (Å²) in [4.78, 5) is 8.39. The minimum atomic E-state index is 0.520. The van der Waals surface area contributed by atoms with Crippen molar-refractivity contribution in [2.24, 2.45) is 5.92 Å². The summed E-state index contributed by atoms with van der Waals surface area (Å²) < 4.78 is 5.49. The summed E-state index contributed by atoms with van der Waals surface area (Å²) >= 11 is 0. The van der Waals surface area contributed by atoms with Crippen LogP contribution in [-0.2, 0) is 11.3 Å². The van der Waals surface area contributed by atoms with Crippen molar-refractivity contribution >= 4 is 5.82 Å². The standard InChI is InChI=1S/C10H15N3O/c1-11-9-4-5-12-10(13-9)7-14-6-8-2-3-8/h4-5,8H,2-3,6-7H2,1H3,(H,11,12,13). The minimum Gasteiger partial charge on any atom is -0.373 e. The van der Waals surface area contributed by atoms with Gasteiger partial charge in [0.2, 0.25) is 0 Å². The lowest BCUT2D eigenvalue weighted by Crippen LogP contribution is -2.03. The van der Waals surface area contributed by atoms with Crippen LogP contribution in [0.1, 0.15) is 18.7 Å². The SMILES string of the molecule is CNc1ccnc(COCC2CC2)n1. The summed E-state index contributed by atoms with van der Waals surface area (Å²) in [6, 6.07) is 1.84. The molecule has 1 N–H and O–H groups in total. The molecule has 0 bridgehead atoms. The maximum absolute atomic E-state index is 5.49. The molecule has 4 nitrogen and oxygen atoms in total. The number of ether oxygens (including phenoxy) is 1. The molecule has 1 fully saturated rings. The largest absolute Gasteiger partial charge is 0.373 e. The topological polar surface area (TPSA) is 47.0 Å². The van der Waals surface area contributed by atoms with Crippen LogP contribution >= 0.6 is 0 Å². The first kappa shape index (κ1) is 9.40. The fourth-order valence-corrected chi connectivity index (χ4v) is 1.21. The van der Waals surface area contributed by atoms with E-state index in [0.717, 1.165) is 24.2 Å². The molecule has 0 aliphatic heterocycles. The van der Waals surface area contributed by atoms with Gasteiger partial charge in [-0.25, -0.2) is 9.97 Å². The lowest BCUT2D eigenvalue weighted by molar-refractivity contribution is 0.106. The van der Waals surface area contributed by atoms with Crippen molar-refractivity contribution in [3.05, 3.63) is 18.1 Å². The van der Waals surface area contributed by atoms with Crippen molar-refractivity contribution in [3.8, 4) is 0 Å². The highest BCUT2D eigenvalue weighted by Crippen LogP contribution is 2.28. The van der Waals surface area contributed by atoms with Crippen molar-refractivity contribution in [1.82, 2.24) is 9.97 Å². The molecular formula is C10H15N3O. The number of aromatic nitrogens is 2. The predicted octanol–water partition coefficient (Wildman–Crippen LogP) is 1.44. The Hall–Kier alpha value is -1.16. The van der Waals surface area contributed by atoms with Crippen LogP contribution in [0.4, 0.5) is 5.82 Å². The summed E-state index contributed by atoms with van der Waals surface area (Å²) in [6.07, 6.45) is 4.38. The lowest BCUT2D eigenvalue weighted by Gasteiger charge is -2.03. The lowest BCUT2D eigenvalue weighted by atomic mass is 10.5. The van der Waals surface area contributed by atoms with Crippen LogP contribution in [0.2, 0.25) is 0 Å². The monoisotopic (exact) mass is 193 g/mol. The number of nitrogens with one attached hydrogen (secondary N) is 1. The van der Waals surface area contributed by atoms with Gasteiger partial charge in [0.05, 0.1) is 0 Å². The van der Waals surface area contributed by atoms with Crippen LogP contribution in [0.5, 0.6) is 0 Å². The molecule has 0 amide bonds. The number of rotatable bonds is 5. The highest BCUT2D eigenvalue weighted by Gasteiger charge is 2.21. The first-order valence-corrected chi connectivity index (χ1v) is 4.96. The van der Waals surface area contributed by atoms with Crippen molar-refractivity contribution in [1.29, 1.82) is 0 Å². The van der Waals surface area contributed by atoms with Gasteiger partial charge in [-0.3, -0.25) is 0 Å². The Labute approximate surface area is 83.7 Å². The Morgan fingerprint density at radius 1 is 1.57 bits per heavy atom. The zero-order chi connectivity index (χ0) is 9.80. The van der Waals surface area contributed by atoms with Gasteiger partial charge in [0.25, 0.3) is 0 Å². The van der Waals surface area contributed by atoms with Crippen LogP contribution in [0, 0.1) is 5.92 Å². The summed E-state index contributed by atoms with van der Waals surface area (Å²) in [5.74, 6) is 2.38. The molecule has 76 valence electrons. The molecule has 4 heteroatoms. The van der Waals surface area contributed by atoms with E-state index in [1.54, 1.807) is 6.20 Å². The van der Waals surface area contributed by atoms with Crippen molar-refractivity contribution < 1.29 is 4.74 Å². The summed E-state index contributed by atoms with van der Waals surface area (Å²) in [5.41, 5.74) is 0. The van der Waals surface area contributed by atoms with Crippen molar-refractivity contribution in [3.63, 3.8) is 0 Å². The second-order valence-electron chi connectivity index (χ2n) is 3.57. The molecule has 0 aromatic carbocycles. The molecule has 0 radical (unpaired) electrons. The summed E-state index contributed by atoms with van der Waals surface area (Å²) in [7, 11) is 1.84. The normalized spacial score (nSPS) is 15.5. The van der Waals surface area contributed by atoms with E-state index in [0.29, 0.717) is 6.61 Å². The van der Waals surface area contributed by atoms with E-state index in [-0.39, 0.29) is 0 Å².